The number of nitrogens with zero attached hydrogens (tertiary/aromatic N) is 3. The lowest BCUT2D eigenvalue weighted by molar-refractivity contribution is -0.141. The van der Waals surface area contributed by atoms with Gasteiger partial charge in [0.1, 0.15) is 17.9 Å². The fourth-order valence-electron chi connectivity index (χ4n) is 4.34. The van der Waals surface area contributed by atoms with Gasteiger partial charge in [-0.05, 0) is 55.8 Å². The average molecular weight is 545 g/mol. The molecule has 0 unspecified atom stereocenters. The molecule has 11 heteroatoms. The van der Waals surface area contributed by atoms with E-state index in [9.17, 15) is 24.0 Å². The summed E-state index contributed by atoms with van der Waals surface area (Å²) in [6.07, 6.45) is 0. The lowest BCUT2D eigenvalue weighted by Crippen LogP contribution is -2.46. The Kier molecular flexibility index (Phi) is 8.13. The van der Waals surface area contributed by atoms with Gasteiger partial charge in [-0.15, -0.1) is 0 Å². The topological polar surface area (TPSA) is 145 Å². The van der Waals surface area contributed by atoms with Crippen molar-refractivity contribution in [1.82, 2.24) is 13.7 Å². The Hall–Kier alpha value is -5.19. The Bertz CT molecular complexity index is 1680. The van der Waals surface area contributed by atoms with E-state index in [2.05, 4.69) is 4.74 Å². The second kappa shape index (κ2) is 11.7. The molecular weight excluding hydrogens is 516 g/mol. The summed E-state index contributed by atoms with van der Waals surface area (Å²) < 4.78 is 13.4. The van der Waals surface area contributed by atoms with E-state index in [1.807, 2.05) is 30.5 Å². The summed E-state index contributed by atoms with van der Waals surface area (Å²) in [7, 11) is 1.10. The summed E-state index contributed by atoms with van der Waals surface area (Å²) in [5.41, 5.74) is 7.38. The molecule has 0 saturated carbocycles. The van der Waals surface area contributed by atoms with E-state index < -0.39 is 53.5 Å². The van der Waals surface area contributed by atoms with Crippen molar-refractivity contribution in [3.63, 3.8) is 0 Å². The van der Waals surface area contributed by atoms with Crippen LogP contribution in [-0.4, -0.2) is 45.1 Å². The lowest BCUT2D eigenvalue weighted by atomic mass is 10.1. The van der Waals surface area contributed by atoms with Gasteiger partial charge in [0.25, 0.3) is 5.56 Å². The number of ether oxygens (including phenoxy) is 2. The number of rotatable bonds is 9. The van der Waals surface area contributed by atoms with Gasteiger partial charge < -0.3 is 19.8 Å². The number of carbonyl (C=O) groups excluding carboxylic acids is 3. The minimum atomic E-state index is -1.08. The van der Waals surface area contributed by atoms with Crippen molar-refractivity contribution in [3.05, 3.63) is 116 Å². The summed E-state index contributed by atoms with van der Waals surface area (Å²) >= 11 is 0. The van der Waals surface area contributed by atoms with Gasteiger partial charge in [0.2, 0.25) is 5.78 Å². The third kappa shape index (κ3) is 5.63. The molecular formula is C29H28N4O7. The van der Waals surface area contributed by atoms with Crippen LogP contribution in [0.2, 0.25) is 0 Å². The molecule has 0 radical (unpaired) electrons. The highest BCUT2D eigenvalue weighted by Gasteiger charge is 2.25. The van der Waals surface area contributed by atoms with Gasteiger partial charge in [0.15, 0.2) is 6.61 Å². The Morgan fingerprint density at radius 3 is 2.08 bits per heavy atom. The highest BCUT2D eigenvalue weighted by atomic mass is 16.5. The van der Waals surface area contributed by atoms with Crippen LogP contribution in [0.1, 0.15) is 37.7 Å². The first-order chi connectivity index (χ1) is 19.1. The van der Waals surface area contributed by atoms with E-state index in [1.54, 1.807) is 54.6 Å². The Labute approximate surface area is 229 Å². The molecule has 0 aliphatic heterocycles. The van der Waals surface area contributed by atoms with Crippen LogP contribution in [0.4, 0.5) is 5.82 Å². The number of methoxy groups -OCH3 is 1. The van der Waals surface area contributed by atoms with Crippen molar-refractivity contribution in [2.45, 2.75) is 26.9 Å². The molecule has 0 bridgehead atoms. The Morgan fingerprint density at radius 1 is 0.850 bits per heavy atom. The normalized spacial score (nSPS) is 10.8. The molecule has 4 aromatic rings. The van der Waals surface area contributed by atoms with Crippen LogP contribution < -0.4 is 17.0 Å². The number of aromatic nitrogens is 3. The molecule has 0 atom stereocenters. The number of esters is 2. The van der Waals surface area contributed by atoms with Gasteiger partial charge in [-0.1, -0.05) is 30.3 Å². The first-order valence-corrected chi connectivity index (χ1v) is 12.3. The number of carbonyl (C=O) groups is 3. The zero-order chi connectivity index (χ0) is 29.0. The maximum atomic E-state index is 13.1. The molecule has 2 aromatic heterocycles. The zero-order valence-electron chi connectivity index (χ0n) is 22.2. The van der Waals surface area contributed by atoms with Gasteiger partial charge in [-0.25, -0.2) is 14.2 Å². The van der Waals surface area contributed by atoms with E-state index in [1.165, 1.54) is 0 Å². The highest BCUT2D eigenvalue weighted by Crippen LogP contribution is 2.17. The zero-order valence-corrected chi connectivity index (χ0v) is 22.2. The number of ketones is 1. The van der Waals surface area contributed by atoms with Crippen LogP contribution in [0.3, 0.4) is 0 Å². The van der Waals surface area contributed by atoms with E-state index in [-0.39, 0.29) is 12.1 Å². The van der Waals surface area contributed by atoms with Gasteiger partial charge in [0.05, 0.1) is 19.2 Å². The molecule has 0 aliphatic carbocycles. The largest absolute Gasteiger partial charge is 0.468 e. The number of anilines is 1. The summed E-state index contributed by atoms with van der Waals surface area (Å²) in [5, 5.41) is 0. The predicted molar refractivity (Wildman–Crippen MR) is 147 cm³/mol. The first kappa shape index (κ1) is 27.8. The summed E-state index contributed by atoms with van der Waals surface area (Å²) in [5.74, 6) is -2.98. The standard InChI is InChI=1S/C29H28N4O7/c1-18-9-10-19(2)33(18)22-13-11-21(12-14-22)28(37)40-17-23(34)25-26(30)31(15-20-7-5-4-6-8-20)29(38)32(27(25)36)16-24(35)39-3/h4-14H,15-17,30H2,1-3H3. The minimum Gasteiger partial charge on any atom is -0.468 e. The average Bonchev–Trinajstić information content (AvgIpc) is 3.30. The van der Waals surface area contributed by atoms with Gasteiger partial charge in [-0.3, -0.25) is 19.0 Å². The van der Waals surface area contributed by atoms with Crippen LogP contribution in [0, 0.1) is 13.8 Å². The SMILES string of the molecule is COC(=O)Cn1c(=O)c(C(=O)COC(=O)c2ccc(-n3c(C)ccc3C)cc2)c(N)n(Cc2ccccc2)c1=O. The maximum Gasteiger partial charge on any atom is 0.338 e. The smallest absolute Gasteiger partial charge is 0.338 e. The molecule has 2 aromatic carbocycles. The summed E-state index contributed by atoms with van der Waals surface area (Å²) in [6, 6.07) is 19.4. The van der Waals surface area contributed by atoms with Gasteiger partial charge in [0, 0.05) is 17.1 Å². The Morgan fingerprint density at radius 2 is 1.48 bits per heavy atom. The molecule has 206 valence electrons. The lowest BCUT2D eigenvalue weighted by Gasteiger charge is -2.16. The summed E-state index contributed by atoms with van der Waals surface area (Å²) in [6.45, 7) is 2.33. The maximum absolute atomic E-state index is 13.1. The monoisotopic (exact) mass is 544 g/mol. The van der Waals surface area contributed by atoms with Gasteiger partial charge in [-0.2, -0.15) is 0 Å². The molecule has 0 spiro atoms. The number of hydrogen-bond donors (Lipinski definition) is 1. The van der Waals surface area contributed by atoms with Crippen molar-refractivity contribution in [3.8, 4) is 5.69 Å². The van der Waals surface area contributed by atoms with E-state index in [0.717, 1.165) is 28.8 Å². The number of nitrogen functional groups attached to an aromatic ring is 1. The highest BCUT2D eigenvalue weighted by molar-refractivity contribution is 6.02. The van der Waals surface area contributed by atoms with Crippen molar-refractivity contribution in [1.29, 1.82) is 0 Å². The van der Waals surface area contributed by atoms with Crippen LogP contribution in [0.5, 0.6) is 0 Å². The molecule has 0 aliphatic rings. The van der Waals surface area contributed by atoms with E-state index in [0.29, 0.717) is 10.1 Å². The molecule has 0 saturated heterocycles. The first-order valence-electron chi connectivity index (χ1n) is 12.3. The van der Waals surface area contributed by atoms with E-state index >= 15 is 0 Å². The predicted octanol–water partition coefficient (Wildman–Crippen LogP) is 2.26. The molecule has 2 N–H and O–H groups in total. The molecule has 40 heavy (non-hydrogen) atoms. The Balaban J connectivity index is 1.60. The number of aryl methyl sites for hydroxylation is 2. The van der Waals surface area contributed by atoms with Crippen LogP contribution in [0.25, 0.3) is 5.69 Å². The third-order valence-electron chi connectivity index (χ3n) is 6.41. The van der Waals surface area contributed by atoms with Crippen LogP contribution >= 0.6 is 0 Å². The molecule has 0 fully saturated rings. The van der Waals surface area contributed by atoms with Crippen LogP contribution in [-0.2, 0) is 27.4 Å². The van der Waals surface area contributed by atoms with Crippen molar-refractivity contribution < 1.29 is 23.9 Å². The second-order valence-electron chi connectivity index (χ2n) is 9.08. The number of nitrogens with two attached hydrogens (primary N) is 1. The number of hydrogen-bond acceptors (Lipinski definition) is 8. The fourth-order valence-corrected chi connectivity index (χ4v) is 4.34. The second-order valence-corrected chi connectivity index (χ2v) is 9.08. The molecule has 4 rings (SSSR count). The van der Waals surface area contributed by atoms with E-state index in [4.69, 9.17) is 10.5 Å². The van der Waals surface area contributed by atoms with Crippen molar-refractivity contribution in [2.24, 2.45) is 0 Å². The number of benzene rings is 2. The van der Waals surface area contributed by atoms with Crippen molar-refractivity contribution >= 4 is 23.5 Å². The molecule has 2 heterocycles. The minimum absolute atomic E-state index is 0.0697. The third-order valence-corrected chi connectivity index (χ3v) is 6.41. The summed E-state index contributed by atoms with van der Waals surface area (Å²) in [4.78, 5) is 63.9. The molecule has 11 nitrogen and oxygen atoms in total. The number of Topliss-reactive ketones (excluding diaryl/α,β-unsaturated/α-hetero) is 1. The van der Waals surface area contributed by atoms with Gasteiger partial charge >= 0.3 is 17.6 Å². The quantitative estimate of drug-likeness (QED) is 0.250. The van der Waals surface area contributed by atoms with Crippen LogP contribution in [0.15, 0.2) is 76.3 Å². The van der Waals surface area contributed by atoms with Crippen molar-refractivity contribution in [2.75, 3.05) is 19.5 Å². The fraction of sp³-hybridized carbons (Fsp3) is 0.207. The molecule has 0 amide bonds.